The van der Waals surface area contributed by atoms with Gasteiger partial charge in [0.2, 0.25) is 11.8 Å². The minimum atomic E-state index is 0.0557. The molecule has 12 heteroatoms. The lowest BCUT2D eigenvalue weighted by atomic mass is 10.1. The van der Waals surface area contributed by atoms with Crippen LogP contribution in [0, 0.1) is 5.92 Å². The highest BCUT2D eigenvalue weighted by molar-refractivity contribution is 5.80. The molecule has 0 aromatic heterocycles. The van der Waals surface area contributed by atoms with Gasteiger partial charge in [-0.05, 0) is 96.8 Å². The lowest BCUT2D eigenvalue weighted by molar-refractivity contribution is -0.123. The van der Waals surface area contributed by atoms with E-state index in [2.05, 4.69) is 116 Å². The second-order valence-electron chi connectivity index (χ2n) is 16.2. The van der Waals surface area contributed by atoms with Gasteiger partial charge >= 0.3 is 0 Å². The first kappa shape index (κ1) is 50.3. The summed E-state index contributed by atoms with van der Waals surface area (Å²) in [4.78, 5) is 45.3. The van der Waals surface area contributed by atoms with Crippen molar-refractivity contribution in [1.29, 1.82) is 0 Å². The van der Waals surface area contributed by atoms with E-state index >= 15 is 0 Å². The van der Waals surface area contributed by atoms with E-state index in [0.717, 1.165) is 104 Å². The number of nitrogens with zero attached hydrogens (tertiary/aromatic N) is 3. The Morgan fingerprint density at radius 3 is 0.942 bits per heavy atom. The molecule has 0 aliphatic rings. The van der Waals surface area contributed by atoms with Gasteiger partial charge in [-0.2, -0.15) is 0 Å². The molecule has 0 unspecified atom stereocenters. The fourth-order valence-electron chi connectivity index (χ4n) is 5.93. The molecule has 0 atom stereocenters. The van der Waals surface area contributed by atoms with Crippen molar-refractivity contribution >= 4 is 17.6 Å². The topological polar surface area (TPSA) is 133 Å². The molecule has 0 aromatic carbocycles. The summed E-state index contributed by atoms with van der Waals surface area (Å²) in [7, 11) is 0. The molecule has 0 fully saturated rings. The molecule has 0 aromatic rings. The average molecular weight is 740 g/mol. The first-order valence-corrected chi connectivity index (χ1v) is 20.8. The van der Waals surface area contributed by atoms with E-state index in [1.165, 1.54) is 0 Å². The first-order chi connectivity index (χ1) is 24.7. The van der Waals surface area contributed by atoms with Crippen molar-refractivity contribution in [3.05, 3.63) is 0 Å². The molecule has 0 spiro atoms. The number of carbonyl (C=O) groups excluding carboxylic acids is 3. The van der Waals surface area contributed by atoms with E-state index in [9.17, 15) is 14.4 Å². The highest BCUT2D eigenvalue weighted by atomic mass is 16.2. The van der Waals surface area contributed by atoms with E-state index in [-0.39, 0.29) is 17.6 Å². The van der Waals surface area contributed by atoms with Crippen LogP contribution in [0.3, 0.4) is 0 Å². The molecule has 2 amide bonds. The summed E-state index contributed by atoms with van der Waals surface area (Å²) in [5.41, 5.74) is 0. The molecule has 0 saturated carbocycles. The third-order valence-electron chi connectivity index (χ3n) is 8.53. The van der Waals surface area contributed by atoms with Gasteiger partial charge in [0.25, 0.3) is 0 Å². The fraction of sp³-hybridized carbons (Fsp3) is 0.925. The Balaban J connectivity index is 4.87. The van der Waals surface area contributed by atoms with Gasteiger partial charge in [-0.1, -0.05) is 69.2 Å². The summed E-state index contributed by atoms with van der Waals surface area (Å²) in [6.07, 6.45) is 6.14. The minimum absolute atomic E-state index is 0.0557. The van der Waals surface area contributed by atoms with Gasteiger partial charge in [-0.25, -0.2) is 0 Å². The molecule has 0 rings (SSSR count). The summed E-state index contributed by atoms with van der Waals surface area (Å²) in [5, 5.41) is 20.1. The van der Waals surface area contributed by atoms with Crippen LogP contribution in [0.4, 0.5) is 0 Å². The number of nitrogens with one attached hydrogen (secondary N) is 6. The number of hydrogen-bond acceptors (Lipinski definition) is 10. The number of Topliss-reactive ketones (excluding diaryl/α,β-unsaturated/α-hetero) is 1. The van der Waals surface area contributed by atoms with Gasteiger partial charge in [0.05, 0.1) is 19.6 Å². The Morgan fingerprint density at radius 1 is 0.404 bits per heavy atom. The number of rotatable bonds is 36. The number of ketones is 1. The summed E-state index contributed by atoms with van der Waals surface area (Å²) in [5.74, 6) is 0.677. The average Bonchev–Trinajstić information content (AvgIpc) is 3.04. The van der Waals surface area contributed by atoms with Gasteiger partial charge in [-0.15, -0.1) is 0 Å². The minimum Gasteiger partial charge on any atom is -0.355 e. The molecular formula is C40H85N9O3. The van der Waals surface area contributed by atoms with Crippen LogP contribution in [-0.2, 0) is 14.4 Å². The summed E-state index contributed by atoms with van der Waals surface area (Å²) in [6.45, 7) is 32.5. The highest BCUT2D eigenvalue weighted by Crippen LogP contribution is 2.04. The van der Waals surface area contributed by atoms with Gasteiger partial charge < -0.3 is 31.9 Å². The lowest BCUT2D eigenvalue weighted by Crippen LogP contribution is -2.41. The quantitative estimate of drug-likeness (QED) is 0.0534. The monoisotopic (exact) mass is 740 g/mol. The van der Waals surface area contributed by atoms with E-state index in [0.29, 0.717) is 69.2 Å². The van der Waals surface area contributed by atoms with Gasteiger partial charge in [0.1, 0.15) is 5.78 Å². The Labute approximate surface area is 320 Å². The van der Waals surface area contributed by atoms with Crippen LogP contribution in [0.1, 0.15) is 114 Å². The highest BCUT2D eigenvalue weighted by Gasteiger charge is 2.15. The van der Waals surface area contributed by atoms with Crippen molar-refractivity contribution in [3.8, 4) is 0 Å². The summed E-state index contributed by atoms with van der Waals surface area (Å²) in [6, 6.07) is 1.84. The Morgan fingerprint density at radius 2 is 0.673 bits per heavy atom. The Hall–Kier alpha value is -1.67. The maximum absolute atomic E-state index is 12.9. The molecule has 0 bridgehead atoms. The zero-order valence-electron chi connectivity index (χ0n) is 35.5. The standard InChI is InChI=1S/C40H85N9O3/c1-33(2)29-38(50)30-47(23-15-21-45-39(51)31-48(25-11-17-41-34(3)4)26-12-18-42-35(5)6)24-16-22-46-40(52)32-49(27-13-19-43-36(7)8)28-14-20-44-37(9)10/h33-37,41-44H,11-32H2,1-10H3,(H,45,51)(H,46,52). The zero-order valence-corrected chi connectivity index (χ0v) is 35.5. The van der Waals surface area contributed by atoms with E-state index < -0.39 is 0 Å². The molecule has 0 heterocycles. The maximum atomic E-state index is 12.9. The molecule has 0 aliphatic carbocycles. The maximum Gasteiger partial charge on any atom is 0.234 e. The second-order valence-corrected chi connectivity index (χ2v) is 16.2. The van der Waals surface area contributed by atoms with Crippen LogP contribution in [0.25, 0.3) is 0 Å². The normalized spacial score (nSPS) is 12.2. The molecule has 0 radical (unpaired) electrons. The molecule has 52 heavy (non-hydrogen) atoms. The van der Waals surface area contributed by atoms with Gasteiger partial charge in [-0.3, -0.25) is 29.1 Å². The predicted molar refractivity (Wildman–Crippen MR) is 220 cm³/mol. The van der Waals surface area contributed by atoms with Crippen molar-refractivity contribution in [1.82, 2.24) is 46.6 Å². The van der Waals surface area contributed by atoms with Crippen molar-refractivity contribution in [3.63, 3.8) is 0 Å². The SMILES string of the molecule is CC(C)CC(=O)CN(CCCNC(=O)CN(CCCNC(C)C)CCCNC(C)C)CCCNC(=O)CN(CCCNC(C)C)CCCNC(C)C. The number of hydrogen-bond donors (Lipinski definition) is 6. The molecular weight excluding hydrogens is 654 g/mol. The van der Waals surface area contributed by atoms with E-state index in [4.69, 9.17) is 0 Å². The molecule has 12 nitrogen and oxygen atoms in total. The third kappa shape index (κ3) is 34.1. The van der Waals surface area contributed by atoms with Crippen LogP contribution in [0.2, 0.25) is 0 Å². The van der Waals surface area contributed by atoms with Crippen LogP contribution < -0.4 is 31.9 Å². The van der Waals surface area contributed by atoms with Crippen LogP contribution in [0.5, 0.6) is 0 Å². The first-order valence-electron chi connectivity index (χ1n) is 20.8. The van der Waals surface area contributed by atoms with E-state index in [1.807, 2.05) is 0 Å². The van der Waals surface area contributed by atoms with Crippen molar-refractivity contribution < 1.29 is 14.4 Å². The lowest BCUT2D eigenvalue weighted by Gasteiger charge is -2.24. The van der Waals surface area contributed by atoms with Crippen LogP contribution >= 0.6 is 0 Å². The Kier molecular flexibility index (Phi) is 31.7. The third-order valence-corrected chi connectivity index (χ3v) is 8.53. The van der Waals surface area contributed by atoms with Crippen LogP contribution in [-0.4, -0.2) is 155 Å². The largest absolute Gasteiger partial charge is 0.355 e. The molecule has 308 valence electrons. The second kappa shape index (κ2) is 32.7. The number of amides is 2. The molecule has 6 N–H and O–H groups in total. The summed E-state index contributed by atoms with van der Waals surface area (Å²) < 4.78 is 0. The number of carbonyl (C=O) groups is 3. The van der Waals surface area contributed by atoms with Crippen molar-refractivity contribution in [2.45, 2.75) is 138 Å². The fourth-order valence-corrected chi connectivity index (χ4v) is 5.93. The van der Waals surface area contributed by atoms with Gasteiger partial charge in [0, 0.05) is 56.8 Å². The smallest absolute Gasteiger partial charge is 0.234 e. The van der Waals surface area contributed by atoms with E-state index in [1.54, 1.807) is 0 Å². The van der Waals surface area contributed by atoms with Crippen molar-refractivity contribution in [2.24, 2.45) is 5.92 Å². The Bertz CT molecular complexity index is 796. The predicted octanol–water partition coefficient (Wildman–Crippen LogP) is 3.07. The van der Waals surface area contributed by atoms with Gasteiger partial charge in [0.15, 0.2) is 0 Å². The van der Waals surface area contributed by atoms with Crippen LogP contribution in [0.15, 0.2) is 0 Å². The summed E-state index contributed by atoms with van der Waals surface area (Å²) >= 11 is 0. The molecule has 0 aliphatic heterocycles. The molecule has 0 saturated heterocycles. The zero-order chi connectivity index (χ0) is 39.1. The van der Waals surface area contributed by atoms with Crippen molar-refractivity contribution in [2.75, 3.05) is 98.2 Å².